The van der Waals surface area contributed by atoms with Gasteiger partial charge in [0.05, 0.1) is 4.92 Å². The van der Waals surface area contributed by atoms with E-state index in [2.05, 4.69) is 5.32 Å². The first-order valence-electron chi connectivity index (χ1n) is 6.31. The molecule has 104 valence electrons. The molecule has 0 saturated carbocycles. The molecule has 0 amide bonds. The number of halogens is 1. The molecule has 2 aromatic carbocycles. The molecule has 2 rings (SSSR count). The molecule has 2 aromatic rings. The summed E-state index contributed by atoms with van der Waals surface area (Å²) in [5, 5.41) is 14.9. The van der Waals surface area contributed by atoms with Crippen molar-refractivity contribution in [2.45, 2.75) is 13.3 Å². The first-order chi connectivity index (χ1) is 9.59. The monoisotopic (exact) mass is 290 g/mol. The smallest absolute Gasteiger partial charge is 0.272 e. The Morgan fingerprint density at radius 1 is 1.20 bits per heavy atom. The van der Waals surface area contributed by atoms with Crippen molar-refractivity contribution in [2.24, 2.45) is 0 Å². The Balaban J connectivity index is 2.03. The van der Waals surface area contributed by atoms with Crippen LogP contribution in [-0.4, -0.2) is 11.5 Å². The van der Waals surface area contributed by atoms with E-state index in [9.17, 15) is 10.1 Å². The second-order valence-electron chi connectivity index (χ2n) is 4.47. The first-order valence-corrected chi connectivity index (χ1v) is 6.68. The molecule has 0 unspecified atom stereocenters. The number of nitrogens with one attached hydrogen (secondary N) is 1. The van der Waals surface area contributed by atoms with Gasteiger partial charge in [0.25, 0.3) is 5.69 Å². The van der Waals surface area contributed by atoms with Gasteiger partial charge in [-0.05, 0) is 31.0 Å². The summed E-state index contributed by atoms with van der Waals surface area (Å²) < 4.78 is 0. The van der Waals surface area contributed by atoms with Crippen molar-refractivity contribution in [3.63, 3.8) is 0 Å². The largest absolute Gasteiger partial charge is 0.384 e. The molecule has 0 fully saturated rings. The predicted molar refractivity (Wildman–Crippen MR) is 81.5 cm³/mol. The van der Waals surface area contributed by atoms with Gasteiger partial charge in [-0.1, -0.05) is 35.9 Å². The van der Waals surface area contributed by atoms with Crippen LogP contribution in [0.4, 0.5) is 11.4 Å². The maximum absolute atomic E-state index is 10.9. The number of anilines is 1. The van der Waals surface area contributed by atoms with E-state index in [1.165, 1.54) is 6.07 Å². The first kappa shape index (κ1) is 14.3. The van der Waals surface area contributed by atoms with Gasteiger partial charge in [0, 0.05) is 28.9 Å². The molecule has 0 saturated heterocycles. The van der Waals surface area contributed by atoms with Crippen molar-refractivity contribution < 1.29 is 4.92 Å². The van der Waals surface area contributed by atoms with Crippen LogP contribution in [0.25, 0.3) is 0 Å². The Hall–Kier alpha value is -2.07. The highest BCUT2D eigenvalue weighted by atomic mass is 35.5. The van der Waals surface area contributed by atoms with Gasteiger partial charge in [0.2, 0.25) is 0 Å². The minimum absolute atomic E-state index is 0.164. The summed E-state index contributed by atoms with van der Waals surface area (Å²) in [6.07, 6.45) is 0.586. The normalized spacial score (nSPS) is 10.3. The van der Waals surface area contributed by atoms with Gasteiger partial charge in [-0.3, -0.25) is 10.1 Å². The van der Waals surface area contributed by atoms with Gasteiger partial charge >= 0.3 is 0 Å². The van der Waals surface area contributed by atoms with Gasteiger partial charge in [0.1, 0.15) is 0 Å². The Morgan fingerprint density at radius 3 is 2.70 bits per heavy atom. The molecule has 0 aliphatic carbocycles. The summed E-state index contributed by atoms with van der Waals surface area (Å²) in [4.78, 5) is 10.6. The Labute approximate surface area is 122 Å². The third kappa shape index (κ3) is 3.27. The zero-order valence-electron chi connectivity index (χ0n) is 11.1. The van der Waals surface area contributed by atoms with Gasteiger partial charge in [-0.25, -0.2) is 0 Å². The van der Waals surface area contributed by atoms with E-state index < -0.39 is 0 Å². The number of hydrogen-bond acceptors (Lipinski definition) is 3. The highest BCUT2D eigenvalue weighted by Crippen LogP contribution is 2.23. The molecule has 0 heterocycles. The molecule has 0 atom stereocenters. The molecular formula is C15H15ClN2O2. The lowest BCUT2D eigenvalue weighted by molar-refractivity contribution is -0.385. The van der Waals surface area contributed by atoms with E-state index in [1.807, 2.05) is 31.2 Å². The average molecular weight is 291 g/mol. The molecule has 20 heavy (non-hydrogen) atoms. The maximum atomic E-state index is 10.9. The van der Waals surface area contributed by atoms with Crippen LogP contribution in [-0.2, 0) is 6.42 Å². The molecule has 0 bridgehead atoms. The molecule has 4 nitrogen and oxygen atoms in total. The molecule has 1 N–H and O–H groups in total. The summed E-state index contributed by atoms with van der Waals surface area (Å²) in [6.45, 7) is 2.56. The van der Waals surface area contributed by atoms with E-state index in [-0.39, 0.29) is 10.6 Å². The van der Waals surface area contributed by atoms with Crippen LogP contribution in [0.5, 0.6) is 0 Å². The van der Waals surface area contributed by atoms with Crippen LogP contribution in [0.1, 0.15) is 11.1 Å². The molecule has 0 aliphatic heterocycles. The topological polar surface area (TPSA) is 55.2 Å². The van der Waals surface area contributed by atoms with Crippen LogP contribution in [0.15, 0.2) is 42.5 Å². The molecule has 0 radical (unpaired) electrons. The van der Waals surface area contributed by atoms with Crippen molar-refractivity contribution >= 4 is 23.0 Å². The maximum Gasteiger partial charge on any atom is 0.272 e. The van der Waals surface area contributed by atoms with Gasteiger partial charge in [-0.2, -0.15) is 0 Å². The van der Waals surface area contributed by atoms with E-state index in [0.717, 1.165) is 16.8 Å². The van der Waals surface area contributed by atoms with Crippen molar-refractivity contribution in [2.75, 3.05) is 11.9 Å². The summed E-state index contributed by atoms with van der Waals surface area (Å²) in [5.41, 5.74) is 2.83. The van der Waals surface area contributed by atoms with Crippen molar-refractivity contribution in [1.29, 1.82) is 0 Å². The summed E-state index contributed by atoms with van der Waals surface area (Å²) in [7, 11) is 0. The van der Waals surface area contributed by atoms with Crippen molar-refractivity contribution in [1.82, 2.24) is 0 Å². The third-order valence-electron chi connectivity index (χ3n) is 3.17. The van der Waals surface area contributed by atoms with Crippen molar-refractivity contribution in [3.8, 4) is 0 Å². The van der Waals surface area contributed by atoms with E-state index in [0.29, 0.717) is 18.0 Å². The Kier molecular flexibility index (Phi) is 4.58. The van der Waals surface area contributed by atoms with E-state index in [1.54, 1.807) is 12.1 Å². The number of benzene rings is 2. The standard InChI is InChI=1S/C15H15ClN2O2/c1-11-13(16)6-4-7-14(11)17-10-9-12-5-2-3-8-15(12)18(19)20/h2-8,17H,9-10H2,1H3. The van der Waals surface area contributed by atoms with Crippen LogP contribution in [0, 0.1) is 17.0 Å². The quantitative estimate of drug-likeness (QED) is 0.663. The molecule has 5 heteroatoms. The zero-order chi connectivity index (χ0) is 14.5. The lowest BCUT2D eigenvalue weighted by Gasteiger charge is -2.10. The van der Waals surface area contributed by atoms with Gasteiger partial charge in [0.15, 0.2) is 0 Å². The Morgan fingerprint density at radius 2 is 1.95 bits per heavy atom. The number of para-hydroxylation sites is 1. The molecule has 0 spiro atoms. The summed E-state index contributed by atoms with van der Waals surface area (Å²) >= 11 is 6.05. The number of nitro benzene ring substituents is 1. The van der Waals surface area contributed by atoms with Crippen LogP contribution in [0.2, 0.25) is 5.02 Å². The average Bonchev–Trinajstić information content (AvgIpc) is 2.44. The fourth-order valence-corrected chi connectivity index (χ4v) is 2.21. The third-order valence-corrected chi connectivity index (χ3v) is 3.58. The second kappa shape index (κ2) is 6.39. The van der Waals surface area contributed by atoms with E-state index >= 15 is 0 Å². The lowest BCUT2D eigenvalue weighted by Crippen LogP contribution is -2.07. The van der Waals surface area contributed by atoms with Crippen LogP contribution in [0.3, 0.4) is 0 Å². The van der Waals surface area contributed by atoms with Crippen molar-refractivity contribution in [3.05, 3.63) is 68.7 Å². The number of hydrogen-bond donors (Lipinski definition) is 1. The number of nitro groups is 1. The summed E-state index contributed by atoms with van der Waals surface area (Å²) in [5.74, 6) is 0. The molecular weight excluding hydrogens is 276 g/mol. The minimum atomic E-state index is -0.347. The lowest BCUT2D eigenvalue weighted by atomic mass is 10.1. The fourth-order valence-electron chi connectivity index (χ4n) is 2.03. The fraction of sp³-hybridized carbons (Fsp3) is 0.200. The van der Waals surface area contributed by atoms with Crippen LogP contribution >= 0.6 is 11.6 Å². The van der Waals surface area contributed by atoms with Gasteiger partial charge in [-0.15, -0.1) is 0 Å². The van der Waals surface area contributed by atoms with E-state index in [4.69, 9.17) is 11.6 Å². The zero-order valence-corrected chi connectivity index (χ0v) is 11.9. The molecule has 0 aromatic heterocycles. The number of rotatable bonds is 5. The Bertz CT molecular complexity index is 629. The highest BCUT2D eigenvalue weighted by molar-refractivity contribution is 6.31. The highest BCUT2D eigenvalue weighted by Gasteiger charge is 2.11. The SMILES string of the molecule is Cc1c(Cl)cccc1NCCc1ccccc1[N+](=O)[O-]. The predicted octanol–water partition coefficient (Wildman–Crippen LogP) is 4.21. The number of nitrogens with zero attached hydrogens (tertiary/aromatic N) is 1. The molecule has 0 aliphatic rings. The minimum Gasteiger partial charge on any atom is -0.384 e. The van der Waals surface area contributed by atoms with Crippen LogP contribution < -0.4 is 5.32 Å². The van der Waals surface area contributed by atoms with Gasteiger partial charge < -0.3 is 5.32 Å². The second-order valence-corrected chi connectivity index (χ2v) is 4.88. The summed E-state index contributed by atoms with van der Waals surface area (Å²) in [6, 6.07) is 12.5.